The molecule has 0 aromatic rings. The van der Waals surface area contributed by atoms with Crippen molar-refractivity contribution < 1.29 is 34.8 Å². The smallest absolute Gasteiger partial charge is 0.243 e. The molecule has 112 valence electrons. The molecule has 5 N–H and O–H groups in total. The van der Waals surface area contributed by atoms with Gasteiger partial charge in [-0.25, -0.2) is 5.48 Å². The predicted molar refractivity (Wildman–Crippen MR) is 62.1 cm³/mol. The average molecular weight is 279 g/mol. The van der Waals surface area contributed by atoms with E-state index in [0.29, 0.717) is 0 Å². The van der Waals surface area contributed by atoms with Gasteiger partial charge < -0.3 is 24.8 Å². The zero-order valence-electron chi connectivity index (χ0n) is 10.9. The van der Waals surface area contributed by atoms with E-state index in [9.17, 15) is 20.1 Å². The highest BCUT2D eigenvalue weighted by Crippen LogP contribution is 2.25. The Hall–Kier alpha value is -0.770. The average Bonchev–Trinajstić information content (AvgIpc) is 2.37. The zero-order valence-corrected chi connectivity index (χ0v) is 10.9. The first-order chi connectivity index (χ1) is 8.86. The third-order valence-electron chi connectivity index (χ3n) is 2.86. The molecule has 1 rings (SSSR count). The lowest BCUT2D eigenvalue weighted by molar-refractivity contribution is -0.305. The third kappa shape index (κ3) is 4.37. The van der Waals surface area contributed by atoms with Crippen molar-refractivity contribution in [2.24, 2.45) is 0 Å². The Morgan fingerprint density at radius 1 is 1.26 bits per heavy atom. The molecule has 0 radical (unpaired) electrons. The van der Waals surface area contributed by atoms with Crippen molar-refractivity contribution in [3.05, 3.63) is 0 Å². The highest BCUT2D eigenvalue weighted by atomic mass is 16.7. The Morgan fingerprint density at radius 2 is 1.89 bits per heavy atom. The van der Waals surface area contributed by atoms with Gasteiger partial charge in [0.1, 0.15) is 18.3 Å². The summed E-state index contributed by atoms with van der Waals surface area (Å²) in [7, 11) is 0. The molecule has 0 saturated carbocycles. The molecule has 8 nitrogen and oxygen atoms in total. The monoisotopic (exact) mass is 279 g/mol. The van der Waals surface area contributed by atoms with Gasteiger partial charge in [-0.3, -0.25) is 10.0 Å². The lowest BCUT2D eigenvalue weighted by atomic mass is 9.96. The van der Waals surface area contributed by atoms with E-state index in [2.05, 4.69) is 0 Å². The SMILES string of the molecule is CC(C)O[C@H]1OC(CCC(=O)NO)[C@@H](O)C(O)C1O. The summed E-state index contributed by atoms with van der Waals surface area (Å²) in [4.78, 5) is 10.9. The van der Waals surface area contributed by atoms with Crippen LogP contribution in [0.25, 0.3) is 0 Å². The van der Waals surface area contributed by atoms with Crippen LogP contribution in [0.1, 0.15) is 26.7 Å². The van der Waals surface area contributed by atoms with Gasteiger partial charge in [-0.15, -0.1) is 0 Å². The van der Waals surface area contributed by atoms with Crippen molar-refractivity contribution in [1.82, 2.24) is 5.48 Å². The first kappa shape index (κ1) is 16.3. The van der Waals surface area contributed by atoms with Crippen LogP contribution in [-0.4, -0.2) is 63.2 Å². The van der Waals surface area contributed by atoms with Gasteiger partial charge in [0.05, 0.1) is 12.2 Å². The summed E-state index contributed by atoms with van der Waals surface area (Å²) in [6, 6.07) is 0. The normalized spacial score (nSPS) is 35.4. The van der Waals surface area contributed by atoms with E-state index >= 15 is 0 Å². The summed E-state index contributed by atoms with van der Waals surface area (Å²) >= 11 is 0. The van der Waals surface area contributed by atoms with Crippen LogP contribution < -0.4 is 5.48 Å². The fourth-order valence-electron chi connectivity index (χ4n) is 1.87. The molecule has 1 aliphatic heterocycles. The lowest BCUT2D eigenvalue weighted by Crippen LogP contribution is -2.58. The third-order valence-corrected chi connectivity index (χ3v) is 2.86. The van der Waals surface area contributed by atoms with E-state index in [0.717, 1.165) is 0 Å². The van der Waals surface area contributed by atoms with E-state index in [4.69, 9.17) is 14.7 Å². The van der Waals surface area contributed by atoms with Gasteiger partial charge in [-0.2, -0.15) is 0 Å². The number of hydrogen-bond donors (Lipinski definition) is 5. The molecular formula is C11H21NO7. The lowest BCUT2D eigenvalue weighted by Gasteiger charge is -2.40. The summed E-state index contributed by atoms with van der Waals surface area (Å²) in [6.45, 7) is 3.48. The number of aliphatic hydroxyl groups is 3. The molecule has 0 aliphatic carbocycles. The summed E-state index contributed by atoms with van der Waals surface area (Å²) in [5.41, 5.74) is 1.46. The molecule has 1 heterocycles. The zero-order chi connectivity index (χ0) is 14.6. The van der Waals surface area contributed by atoms with Gasteiger partial charge in [-0.1, -0.05) is 0 Å². The number of amides is 1. The van der Waals surface area contributed by atoms with Crippen molar-refractivity contribution in [1.29, 1.82) is 0 Å². The molecule has 1 fully saturated rings. The van der Waals surface area contributed by atoms with Crippen LogP contribution in [0.15, 0.2) is 0 Å². The Labute approximate surface area is 110 Å². The Balaban J connectivity index is 2.62. The van der Waals surface area contributed by atoms with Crippen LogP contribution in [-0.2, 0) is 14.3 Å². The molecule has 1 amide bonds. The van der Waals surface area contributed by atoms with Crippen LogP contribution in [0.3, 0.4) is 0 Å². The van der Waals surface area contributed by atoms with Gasteiger partial charge >= 0.3 is 0 Å². The minimum Gasteiger partial charge on any atom is -0.388 e. The number of ether oxygens (including phenoxy) is 2. The van der Waals surface area contributed by atoms with E-state index in [1.165, 1.54) is 5.48 Å². The summed E-state index contributed by atoms with van der Waals surface area (Å²) < 4.78 is 10.6. The minimum atomic E-state index is -1.42. The summed E-state index contributed by atoms with van der Waals surface area (Å²) in [5.74, 6) is -0.627. The largest absolute Gasteiger partial charge is 0.388 e. The highest BCUT2D eigenvalue weighted by molar-refractivity contribution is 5.74. The molecular weight excluding hydrogens is 258 g/mol. The van der Waals surface area contributed by atoms with E-state index in [1.54, 1.807) is 13.8 Å². The van der Waals surface area contributed by atoms with Crippen LogP contribution in [0.5, 0.6) is 0 Å². The number of aliphatic hydroxyl groups excluding tert-OH is 3. The van der Waals surface area contributed by atoms with E-state index in [1.807, 2.05) is 0 Å². The molecule has 0 aromatic carbocycles. The van der Waals surface area contributed by atoms with E-state index in [-0.39, 0.29) is 18.9 Å². The van der Waals surface area contributed by atoms with Crippen molar-refractivity contribution in [3.8, 4) is 0 Å². The second kappa shape index (κ2) is 7.13. The highest BCUT2D eigenvalue weighted by Gasteiger charge is 2.44. The number of rotatable bonds is 5. The number of carbonyl (C=O) groups excluding carboxylic acids is 1. The molecule has 19 heavy (non-hydrogen) atoms. The van der Waals surface area contributed by atoms with Gasteiger partial charge in [0.15, 0.2) is 6.29 Å². The van der Waals surface area contributed by atoms with Gasteiger partial charge in [0.25, 0.3) is 0 Å². The molecule has 3 unspecified atom stereocenters. The molecule has 0 bridgehead atoms. The van der Waals surface area contributed by atoms with E-state index < -0.39 is 36.6 Å². The van der Waals surface area contributed by atoms with Crippen molar-refractivity contribution in [3.63, 3.8) is 0 Å². The van der Waals surface area contributed by atoms with Crippen LogP contribution in [0.2, 0.25) is 0 Å². The Morgan fingerprint density at radius 3 is 2.42 bits per heavy atom. The maximum absolute atomic E-state index is 10.9. The first-order valence-electron chi connectivity index (χ1n) is 6.14. The van der Waals surface area contributed by atoms with Gasteiger partial charge in [0, 0.05) is 6.42 Å². The molecule has 0 spiro atoms. The maximum atomic E-state index is 10.9. The number of carbonyl (C=O) groups is 1. The van der Waals surface area contributed by atoms with Crippen molar-refractivity contribution >= 4 is 5.91 Å². The van der Waals surface area contributed by atoms with Gasteiger partial charge in [-0.05, 0) is 20.3 Å². The maximum Gasteiger partial charge on any atom is 0.243 e. The van der Waals surface area contributed by atoms with Crippen molar-refractivity contribution in [2.45, 2.75) is 63.5 Å². The minimum absolute atomic E-state index is 0.0787. The molecule has 8 heteroatoms. The Kier molecular flexibility index (Phi) is 6.11. The molecule has 1 saturated heterocycles. The fourth-order valence-corrected chi connectivity index (χ4v) is 1.87. The number of hydrogen-bond acceptors (Lipinski definition) is 7. The standard InChI is InChI=1S/C11H21NO7/c1-5(2)18-11-10(16)9(15)8(14)6(19-11)3-4-7(13)12-17/h5-6,8-11,14-17H,3-4H2,1-2H3,(H,12,13)/t6?,8-,9?,10?,11+/m1/s1. The fraction of sp³-hybridized carbons (Fsp3) is 0.909. The van der Waals surface area contributed by atoms with Crippen LogP contribution in [0, 0.1) is 0 Å². The molecule has 0 aromatic heterocycles. The summed E-state index contributed by atoms with van der Waals surface area (Å²) in [6.07, 6.45) is -6.28. The predicted octanol–water partition coefficient (Wildman–Crippen LogP) is -1.50. The van der Waals surface area contributed by atoms with Gasteiger partial charge in [0.2, 0.25) is 5.91 Å². The Bertz CT molecular complexity index is 299. The number of hydroxylamine groups is 1. The second-order valence-corrected chi connectivity index (χ2v) is 4.77. The van der Waals surface area contributed by atoms with Crippen molar-refractivity contribution in [2.75, 3.05) is 0 Å². The molecule has 5 atom stereocenters. The summed E-state index contributed by atoms with van der Waals surface area (Å²) in [5, 5.41) is 37.6. The second-order valence-electron chi connectivity index (χ2n) is 4.77. The quantitative estimate of drug-likeness (QED) is 0.306. The topological polar surface area (TPSA) is 128 Å². The molecule has 1 aliphatic rings. The first-order valence-corrected chi connectivity index (χ1v) is 6.14. The van der Waals surface area contributed by atoms with Crippen LogP contribution >= 0.6 is 0 Å². The van der Waals surface area contributed by atoms with Crippen LogP contribution in [0.4, 0.5) is 0 Å². The number of nitrogens with one attached hydrogen (secondary N) is 1.